The zero-order valence-electron chi connectivity index (χ0n) is 18.0. The van der Waals surface area contributed by atoms with E-state index in [1.165, 1.54) is 11.1 Å². The van der Waals surface area contributed by atoms with Crippen LogP contribution in [0.15, 0.2) is 30.5 Å². The summed E-state index contributed by atoms with van der Waals surface area (Å²) in [5, 5.41) is 9.06. The van der Waals surface area contributed by atoms with Crippen molar-refractivity contribution in [2.45, 2.75) is 66.2 Å². The van der Waals surface area contributed by atoms with Crippen LogP contribution in [0.3, 0.4) is 0 Å². The van der Waals surface area contributed by atoms with Crippen molar-refractivity contribution in [2.24, 2.45) is 0 Å². The Bertz CT molecular complexity index is 937. The number of rotatable bonds is 2. The van der Waals surface area contributed by atoms with Crippen LogP contribution in [0.4, 0.5) is 0 Å². The maximum absolute atomic E-state index is 4.66. The molecule has 28 heavy (non-hydrogen) atoms. The molecule has 0 atom stereocenters. The molecule has 0 aliphatic carbocycles. The van der Waals surface area contributed by atoms with E-state index in [9.17, 15) is 0 Å². The van der Waals surface area contributed by atoms with Crippen LogP contribution in [-0.4, -0.2) is 19.7 Å². The smallest absolute Gasteiger partial charge is 0.133 e. The third-order valence-electron chi connectivity index (χ3n) is 4.50. The number of hydrogen-bond donors (Lipinski definition) is 0. The van der Waals surface area contributed by atoms with Crippen molar-refractivity contribution in [2.75, 3.05) is 0 Å². The van der Waals surface area contributed by atoms with E-state index in [0.29, 0.717) is 0 Å². The van der Waals surface area contributed by atoms with Gasteiger partial charge in [0, 0.05) is 31.2 Å². The van der Waals surface area contributed by atoms with Gasteiger partial charge in [0.05, 0.1) is 5.82 Å². The molecular weight excluding hydrogens is 524 g/mol. The van der Waals surface area contributed by atoms with Crippen LogP contribution in [0.5, 0.6) is 0 Å². The van der Waals surface area contributed by atoms with E-state index in [4.69, 9.17) is 0 Å². The van der Waals surface area contributed by atoms with Crippen LogP contribution in [0.2, 0.25) is 0 Å². The fourth-order valence-electron chi connectivity index (χ4n) is 3.16. The Labute approximate surface area is 182 Å². The number of benzene rings is 1. The first-order valence-corrected chi connectivity index (χ1v) is 9.40. The maximum atomic E-state index is 4.66. The molecule has 0 bridgehead atoms. The van der Waals surface area contributed by atoms with Crippen molar-refractivity contribution in [3.8, 4) is 17.1 Å². The summed E-state index contributed by atoms with van der Waals surface area (Å²) in [4.78, 5) is 4.66. The van der Waals surface area contributed by atoms with Gasteiger partial charge in [0.15, 0.2) is 0 Å². The van der Waals surface area contributed by atoms with Gasteiger partial charge >= 0.3 is 0 Å². The first kappa shape index (κ1) is 22.4. The van der Waals surface area contributed by atoms with Gasteiger partial charge in [-0.15, -0.1) is 17.2 Å². The van der Waals surface area contributed by atoms with Gasteiger partial charge in [-0.1, -0.05) is 59.4 Å². The molecule has 3 aromatic rings. The van der Waals surface area contributed by atoms with Crippen molar-refractivity contribution >= 4 is 0 Å². The topological polar surface area (TPSA) is 43.6 Å². The summed E-state index contributed by atoms with van der Waals surface area (Å²) >= 11 is 0. The molecule has 2 heterocycles. The standard InChI is InChI=1S/C23H29N4.Ir/c1-15-11-16(2)13-18(12-15)27-20(25-26-21(27)23(6,7)8)17-9-10-19(24-14-17)22(3,4)5;/h10-14H,1-8H3;/q-1;. The molecule has 1 radical (unpaired) electrons. The molecule has 0 N–H and O–H groups in total. The summed E-state index contributed by atoms with van der Waals surface area (Å²) in [6.07, 6.45) is 1.86. The zero-order valence-corrected chi connectivity index (χ0v) is 20.4. The molecule has 3 rings (SSSR count). The Morgan fingerprint density at radius 3 is 1.93 bits per heavy atom. The molecule has 1 aromatic carbocycles. The van der Waals surface area contributed by atoms with Crippen molar-refractivity contribution in [1.29, 1.82) is 0 Å². The third-order valence-corrected chi connectivity index (χ3v) is 4.50. The molecule has 4 nitrogen and oxygen atoms in total. The van der Waals surface area contributed by atoms with Crippen molar-refractivity contribution < 1.29 is 20.1 Å². The van der Waals surface area contributed by atoms with Gasteiger partial charge in [-0.3, -0.25) is 0 Å². The fraction of sp³-hybridized carbons (Fsp3) is 0.435. The quantitative estimate of drug-likeness (QED) is 0.403. The van der Waals surface area contributed by atoms with E-state index in [1.54, 1.807) is 0 Å². The molecule has 2 aromatic heterocycles. The summed E-state index contributed by atoms with van der Waals surface area (Å²) in [5.41, 5.74) is 5.23. The van der Waals surface area contributed by atoms with Gasteiger partial charge in [0.2, 0.25) is 0 Å². The molecule has 0 unspecified atom stereocenters. The SMILES string of the molecule is Cc1cc(C)cc(-n2c(-c3[c-]cc(C(C)(C)C)nc3)nnc2C(C)(C)C)c1.[Ir]. The van der Waals surface area contributed by atoms with Crippen molar-refractivity contribution in [3.05, 3.63) is 59.2 Å². The number of pyridine rings is 1. The molecule has 5 heteroatoms. The minimum absolute atomic E-state index is 0. The fourth-order valence-corrected chi connectivity index (χ4v) is 3.16. The number of hydrogen-bond acceptors (Lipinski definition) is 3. The van der Waals surface area contributed by atoms with Crippen LogP contribution in [0.25, 0.3) is 17.1 Å². The van der Waals surface area contributed by atoms with E-state index in [1.807, 2.05) is 12.3 Å². The summed E-state index contributed by atoms with van der Waals surface area (Å²) in [5.74, 6) is 1.70. The Kier molecular flexibility index (Phi) is 6.32. The minimum atomic E-state index is -0.137. The summed E-state index contributed by atoms with van der Waals surface area (Å²) in [7, 11) is 0. The van der Waals surface area contributed by atoms with Gasteiger partial charge in [-0.25, -0.2) is 0 Å². The molecule has 151 valence electrons. The van der Waals surface area contributed by atoms with Crippen LogP contribution >= 0.6 is 0 Å². The minimum Gasteiger partial charge on any atom is -0.356 e. The van der Waals surface area contributed by atoms with Crippen molar-refractivity contribution in [1.82, 2.24) is 19.7 Å². The number of nitrogens with zero attached hydrogens (tertiary/aromatic N) is 4. The Morgan fingerprint density at radius 2 is 1.46 bits per heavy atom. The largest absolute Gasteiger partial charge is 0.356 e. The van der Waals surface area contributed by atoms with E-state index in [-0.39, 0.29) is 30.9 Å². The van der Waals surface area contributed by atoms with Gasteiger partial charge in [0.1, 0.15) is 5.82 Å². The van der Waals surface area contributed by atoms with Crippen LogP contribution < -0.4 is 0 Å². The molecule has 0 saturated heterocycles. The van der Waals surface area contributed by atoms with E-state index < -0.39 is 0 Å². The molecule has 0 amide bonds. The average molecular weight is 554 g/mol. The molecular formula is C23H29IrN4-. The summed E-state index contributed by atoms with van der Waals surface area (Å²) < 4.78 is 2.14. The number of aromatic nitrogens is 4. The molecule has 0 saturated carbocycles. The van der Waals surface area contributed by atoms with E-state index in [0.717, 1.165) is 28.6 Å². The van der Waals surface area contributed by atoms with Crippen molar-refractivity contribution in [3.63, 3.8) is 0 Å². The predicted octanol–water partition coefficient (Wildman–Crippen LogP) is 5.34. The third kappa shape index (κ3) is 4.59. The second-order valence-corrected chi connectivity index (χ2v) is 9.37. The summed E-state index contributed by atoms with van der Waals surface area (Å²) in [6, 6.07) is 11.9. The molecule has 0 spiro atoms. The maximum Gasteiger partial charge on any atom is 0.133 e. The van der Waals surface area contributed by atoms with E-state index >= 15 is 0 Å². The molecule has 0 aliphatic rings. The number of aryl methyl sites for hydroxylation is 2. The molecule has 0 fully saturated rings. The normalized spacial score (nSPS) is 12.0. The second-order valence-electron chi connectivity index (χ2n) is 9.37. The van der Waals surface area contributed by atoms with Crippen LogP contribution in [0.1, 0.15) is 64.2 Å². The Hall–Kier alpha value is -1.84. The second kappa shape index (κ2) is 7.88. The summed E-state index contributed by atoms with van der Waals surface area (Å²) in [6.45, 7) is 17.2. The van der Waals surface area contributed by atoms with Crippen LogP contribution in [-0.2, 0) is 30.9 Å². The zero-order chi connectivity index (χ0) is 20.0. The predicted molar refractivity (Wildman–Crippen MR) is 110 cm³/mol. The van der Waals surface area contributed by atoms with Gasteiger partial charge in [-0.05, 0) is 48.2 Å². The first-order chi connectivity index (χ1) is 12.5. The van der Waals surface area contributed by atoms with E-state index in [2.05, 4.69) is 99.4 Å². The molecule has 0 aliphatic heterocycles. The van der Waals surface area contributed by atoms with Gasteiger partial charge < -0.3 is 9.55 Å². The van der Waals surface area contributed by atoms with Crippen LogP contribution in [0, 0.1) is 19.9 Å². The first-order valence-electron chi connectivity index (χ1n) is 9.40. The average Bonchev–Trinajstić information content (AvgIpc) is 2.98. The Balaban J connectivity index is 0.00000280. The monoisotopic (exact) mass is 554 g/mol. The van der Waals surface area contributed by atoms with Gasteiger partial charge in [-0.2, -0.15) is 5.10 Å². The Morgan fingerprint density at radius 1 is 0.857 bits per heavy atom. The van der Waals surface area contributed by atoms with Gasteiger partial charge in [0.25, 0.3) is 0 Å².